The zero-order chi connectivity index (χ0) is 26.2. The molecular weight excluding hydrogens is 476 g/mol. The molecule has 2 atom stereocenters. The van der Waals surface area contributed by atoms with Crippen LogP contribution in [0.1, 0.15) is 64.6 Å². The molecule has 0 saturated heterocycles. The van der Waals surface area contributed by atoms with Crippen molar-refractivity contribution in [2.45, 2.75) is 50.8 Å². The molecule has 0 fully saturated rings. The molecule has 0 N–H and O–H groups in total. The normalized spacial score (nSPS) is 17.2. The van der Waals surface area contributed by atoms with Crippen LogP contribution in [0.5, 0.6) is 0 Å². The van der Waals surface area contributed by atoms with Crippen molar-refractivity contribution in [3.8, 4) is 0 Å². The largest absolute Gasteiger partial charge is 0.299 e. The van der Waals surface area contributed by atoms with Crippen LogP contribution < -0.4 is 0 Å². The molecule has 0 amide bonds. The summed E-state index contributed by atoms with van der Waals surface area (Å²) in [7, 11) is 0. The highest BCUT2D eigenvalue weighted by Crippen LogP contribution is 2.31. The molecule has 4 aromatic rings. The molecule has 188 valence electrons. The Morgan fingerprint density at radius 1 is 0.595 bits per heavy atom. The van der Waals surface area contributed by atoms with Crippen molar-refractivity contribution in [1.82, 2.24) is 0 Å². The molecule has 37 heavy (non-hydrogen) atoms. The van der Waals surface area contributed by atoms with Gasteiger partial charge in [0.05, 0.1) is 0 Å². The minimum Gasteiger partial charge on any atom is -0.299 e. The topological polar surface area (TPSA) is 34.1 Å². The minimum absolute atomic E-state index is 0.0794. The van der Waals surface area contributed by atoms with E-state index in [0.717, 1.165) is 6.42 Å². The first-order chi connectivity index (χ1) is 18.0. The third-order valence-corrected chi connectivity index (χ3v) is 7.45. The quantitative estimate of drug-likeness (QED) is 0.264. The van der Waals surface area contributed by atoms with E-state index in [9.17, 15) is 9.59 Å². The molecule has 2 nitrogen and oxygen atoms in total. The van der Waals surface area contributed by atoms with Crippen molar-refractivity contribution in [2.24, 2.45) is 0 Å². The molecule has 2 unspecified atom stereocenters. The molecular formula is C34H33ClO2. The smallest absolute Gasteiger partial charge is 0.144 e. The van der Waals surface area contributed by atoms with Gasteiger partial charge in [-0.15, -0.1) is 11.6 Å². The fourth-order valence-electron chi connectivity index (χ4n) is 4.86. The van der Waals surface area contributed by atoms with E-state index < -0.39 is 0 Å². The number of carbonyl (C=O) groups is 2. The summed E-state index contributed by atoms with van der Waals surface area (Å²) in [5.74, 6) is 1.52. The van der Waals surface area contributed by atoms with Crippen LogP contribution in [0.3, 0.4) is 0 Å². The molecule has 0 bridgehead atoms. The van der Waals surface area contributed by atoms with Crippen LogP contribution in [0, 0.1) is 0 Å². The van der Waals surface area contributed by atoms with Crippen molar-refractivity contribution in [3.63, 3.8) is 0 Å². The van der Waals surface area contributed by atoms with Crippen LogP contribution in [-0.4, -0.2) is 11.6 Å². The van der Waals surface area contributed by atoms with E-state index in [-0.39, 0.29) is 11.8 Å². The van der Waals surface area contributed by atoms with Crippen LogP contribution in [0.2, 0.25) is 0 Å². The average molecular weight is 509 g/mol. The highest BCUT2D eigenvalue weighted by molar-refractivity contribution is 6.17. The van der Waals surface area contributed by atoms with Gasteiger partial charge < -0.3 is 0 Å². The number of Topliss-reactive ketones (excluding diaryl/α,β-unsaturated/α-hetero) is 2. The van der Waals surface area contributed by atoms with E-state index in [0.29, 0.717) is 30.3 Å². The van der Waals surface area contributed by atoms with Gasteiger partial charge in [-0.25, -0.2) is 0 Å². The number of ketones is 2. The second-order valence-corrected chi connectivity index (χ2v) is 10.0. The molecule has 0 aromatic heterocycles. The van der Waals surface area contributed by atoms with Gasteiger partial charge in [0.1, 0.15) is 11.6 Å². The van der Waals surface area contributed by atoms with Crippen molar-refractivity contribution < 1.29 is 9.59 Å². The Morgan fingerprint density at radius 2 is 1.11 bits per heavy atom. The lowest BCUT2D eigenvalue weighted by Gasteiger charge is -2.07. The van der Waals surface area contributed by atoms with Gasteiger partial charge in [0.15, 0.2) is 0 Å². The van der Waals surface area contributed by atoms with Gasteiger partial charge in [0.2, 0.25) is 0 Å². The van der Waals surface area contributed by atoms with Gasteiger partial charge in [-0.05, 0) is 45.4 Å². The van der Waals surface area contributed by atoms with Gasteiger partial charge in [0.25, 0.3) is 0 Å². The molecule has 0 spiro atoms. The summed E-state index contributed by atoms with van der Waals surface area (Å²) in [5, 5.41) is 0. The maximum Gasteiger partial charge on any atom is 0.144 e. The van der Waals surface area contributed by atoms with Crippen molar-refractivity contribution >= 4 is 23.2 Å². The van der Waals surface area contributed by atoms with Crippen molar-refractivity contribution in [3.05, 3.63) is 142 Å². The van der Waals surface area contributed by atoms with E-state index in [4.69, 9.17) is 11.6 Å². The van der Waals surface area contributed by atoms with Gasteiger partial charge in [0, 0.05) is 30.6 Å². The third-order valence-electron chi connectivity index (χ3n) is 7.14. The Morgan fingerprint density at radius 3 is 1.68 bits per heavy atom. The zero-order valence-corrected chi connectivity index (χ0v) is 22.2. The fraction of sp³-hybridized carbons (Fsp3) is 0.235. The summed E-state index contributed by atoms with van der Waals surface area (Å²) in [6.45, 7) is 3.99. The summed E-state index contributed by atoms with van der Waals surface area (Å²) < 4.78 is 0. The van der Waals surface area contributed by atoms with Gasteiger partial charge in [-0.3, -0.25) is 9.59 Å². The first-order valence-corrected chi connectivity index (χ1v) is 13.4. The van der Waals surface area contributed by atoms with E-state index >= 15 is 0 Å². The molecule has 6 rings (SSSR count). The Labute approximate surface area is 225 Å². The molecule has 0 heterocycles. The SMILES string of the molecule is CC1C(=O)Cc2ccc(Cc3ccccc3)cc21.CC1C(=O)Cc2ccccc21.ClCc1ccccc1. The van der Waals surface area contributed by atoms with Crippen LogP contribution in [0.15, 0.2) is 103 Å². The van der Waals surface area contributed by atoms with E-state index in [2.05, 4.69) is 42.5 Å². The second kappa shape index (κ2) is 12.7. The fourth-order valence-corrected chi connectivity index (χ4v) is 5.04. The first-order valence-electron chi connectivity index (χ1n) is 12.8. The Bertz CT molecular complexity index is 1340. The van der Waals surface area contributed by atoms with Gasteiger partial charge >= 0.3 is 0 Å². The van der Waals surface area contributed by atoms with Crippen LogP contribution >= 0.6 is 11.6 Å². The number of rotatable bonds is 3. The number of hydrogen-bond acceptors (Lipinski definition) is 2. The lowest BCUT2D eigenvalue weighted by atomic mass is 9.97. The summed E-state index contributed by atoms with van der Waals surface area (Å²) in [5.41, 5.74) is 8.66. The Hall–Kier alpha value is -3.49. The summed E-state index contributed by atoms with van der Waals surface area (Å²) in [6, 6.07) is 35.0. The number of benzene rings is 4. The third kappa shape index (κ3) is 6.84. The maximum absolute atomic E-state index is 11.7. The molecule has 3 heteroatoms. The van der Waals surface area contributed by atoms with Crippen molar-refractivity contribution in [2.75, 3.05) is 0 Å². The van der Waals surface area contributed by atoms with Crippen molar-refractivity contribution in [1.29, 1.82) is 0 Å². The first kappa shape index (κ1) is 26.6. The predicted molar refractivity (Wildman–Crippen MR) is 152 cm³/mol. The molecule has 0 aliphatic heterocycles. The zero-order valence-electron chi connectivity index (χ0n) is 21.5. The number of alkyl halides is 1. The lowest BCUT2D eigenvalue weighted by molar-refractivity contribution is -0.119. The average Bonchev–Trinajstić information content (AvgIpc) is 3.39. The summed E-state index contributed by atoms with van der Waals surface area (Å²) >= 11 is 5.53. The minimum atomic E-state index is 0.0794. The second-order valence-electron chi connectivity index (χ2n) is 9.74. The lowest BCUT2D eigenvalue weighted by Crippen LogP contribution is -2.00. The van der Waals surface area contributed by atoms with E-state index in [1.54, 1.807) is 0 Å². The maximum atomic E-state index is 11.7. The standard InChI is InChI=1S/C17H16O.C10H10O.C7H7Cl/c1-12-16-10-14(7-8-15(16)11-17(12)18)9-13-5-3-2-4-6-13;1-7-9-5-3-2-4-8(9)6-10(7)11;8-6-7-4-2-1-3-5-7/h2-8,10,12H,9,11H2,1H3;2-5,7H,6H2,1H3;1-5H,6H2. The van der Waals surface area contributed by atoms with Crippen LogP contribution in [0.4, 0.5) is 0 Å². The molecule has 2 aliphatic carbocycles. The summed E-state index contributed by atoms with van der Waals surface area (Å²) in [4.78, 5) is 22.9. The highest BCUT2D eigenvalue weighted by atomic mass is 35.5. The Balaban J connectivity index is 0.000000143. The van der Waals surface area contributed by atoms with Gasteiger partial charge in [-0.1, -0.05) is 117 Å². The van der Waals surface area contributed by atoms with Crippen LogP contribution in [-0.2, 0) is 34.7 Å². The number of hydrogen-bond donors (Lipinski definition) is 0. The molecule has 0 radical (unpaired) electrons. The molecule has 2 aliphatic rings. The predicted octanol–water partition coefficient (Wildman–Crippen LogP) is 7.85. The van der Waals surface area contributed by atoms with Gasteiger partial charge in [-0.2, -0.15) is 0 Å². The Kier molecular flexibility index (Phi) is 9.09. The van der Waals surface area contributed by atoms with E-state index in [1.807, 2.05) is 74.5 Å². The number of halogens is 1. The highest BCUT2D eigenvalue weighted by Gasteiger charge is 2.27. The molecule has 4 aromatic carbocycles. The molecule has 0 saturated carbocycles. The monoisotopic (exact) mass is 508 g/mol. The number of fused-ring (bicyclic) bond motifs is 2. The summed E-state index contributed by atoms with van der Waals surface area (Å²) in [6.07, 6.45) is 2.19. The van der Waals surface area contributed by atoms with Crippen LogP contribution in [0.25, 0.3) is 0 Å². The number of carbonyl (C=O) groups excluding carboxylic acids is 2. The van der Waals surface area contributed by atoms with E-state index in [1.165, 1.54) is 38.9 Å².